The fourth-order valence-electron chi connectivity index (χ4n) is 14.8. The number of carbonyl (C=O) groups is 3. The molecular weight excluding hydrogens is 1130 g/mol. The molecule has 13 rings (SSSR count). The van der Waals surface area contributed by atoms with E-state index in [0.29, 0.717) is 79.6 Å². The smallest absolute Gasteiger partial charge is 0.410 e. The van der Waals surface area contributed by atoms with Crippen LogP contribution in [0.5, 0.6) is 11.8 Å². The Morgan fingerprint density at radius 2 is 1.75 bits per heavy atom. The minimum absolute atomic E-state index is 0.0215. The molecule has 4 aromatic heterocycles. The van der Waals surface area contributed by atoms with Gasteiger partial charge in [0.15, 0.2) is 17.4 Å². The molecule has 0 aliphatic carbocycles. The summed E-state index contributed by atoms with van der Waals surface area (Å²) in [6.07, 6.45) is 6.81. The Labute approximate surface area is 509 Å². The minimum atomic E-state index is -0.869. The number of aromatic hydroxyl groups is 1. The Balaban J connectivity index is 0.642. The van der Waals surface area contributed by atoms with Gasteiger partial charge in [0.2, 0.25) is 11.8 Å². The van der Waals surface area contributed by atoms with Crippen LogP contribution in [0.2, 0.25) is 0 Å². The Morgan fingerprint density at radius 1 is 0.943 bits per heavy atom. The number of aromatic nitrogens is 5. The lowest BCUT2D eigenvalue weighted by Gasteiger charge is -2.39. The number of hydrogen-bond acceptors (Lipinski definition) is 18. The van der Waals surface area contributed by atoms with Gasteiger partial charge in [-0.05, 0) is 118 Å². The lowest BCUT2D eigenvalue weighted by Crippen LogP contribution is -2.55. The first-order valence-corrected chi connectivity index (χ1v) is 31.9. The Bertz CT molecular complexity index is 3720. The number of hydrogen-bond donors (Lipinski definition) is 4. The maximum Gasteiger partial charge on any atom is 0.410 e. The first-order chi connectivity index (χ1) is 42.0. The number of piperazine rings is 2. The summed E-state index contributed by atoms with van der Waals surface area (Å²) in [4.78, 5) is 72.4. The average molecular weight is 1210 g/mol. The SMILES string of the molecule is CCc1cccc2cc(O)cc(-c3ncc4c(N5CC6CCC(C5)N6)nc(OC[C@@]56CCCN5[C@H](COC(=O)N5CCN(c7cc([C@@H](C(=O)N8C[C@H](O)C[C@H]8C(=O)N[C@@H](C)c8ccc(-c9scnc9C)cc8)C(C)C)on7)C[C@@H]5C)CC6)nc4c3F)c12. The highest BCUT2D eigenvalue weighted by molar-refractivity contribution is 7.13. The number of nitrogens with zero attached hydrogens (tertiary/aromatic N) is 10. The van der Waals surface area contributed by atoms with E-state index in [1.807, 2.05) is 87.5 Å². The number of likely N-dealkylation sites (tertiary alicyclic amines) is 1. The molecule has 6 saturated heterocycles. The molecule has 20 nitrogen and oxygen atoms in total. The predicted octanol–water partition coefficient (Wildman–Crippen LogP) is 8.91. The number of thiazole rings is 1. The summed E-state index contributed by atoms with van der Waals surface area (Å²) in [5, 5.41) is 35.1. The number of nitrogens with one attached hydrogen (secondary N) is 2. The van der Waals surface area contributed by atoms with Crippen molar-refractivity contribution in [3.63, 3.8) is 0 Å². The van der Waals surface area contributed by atoms with E-state index < -0.39 is 23.9 Å². The molecule has 3 amide bonds. The first kappa shape index (κ1) is 58.5. The van der Waals surface area contributed by atoms with Crippen LogP contribution in [-0.4, -0.2) is 169 Å². The summed E-state index contributed by atoms with van der Waals surface area (Å²) in [5.74, 6) is -0.710. The zero-order valence-electron chi connectivity index (χ0n) is 50.2. The number of benzene rings is 3. The van der Waals surface area contributed by atoms with Crippen molar-refractivity contribution in [3.8, 4) is 33.5 Å². The molecule has 9 atom stereocenters. The predicted molar refractivity (Wildman–Crippen MR) is 329 cm³/mol. The Morgan fingerprint density at radius 3 is 2.49 bits per heavy atom. The number of ether oxygens (including phenoxy) is 2. The molecule has 6 aliphatic rings. The molecule has 4 N–H and O–H groups in total. The standard InChI is InChI=1S/C65H77FN12O8S/c1-7-40-10-8-11-43-24-47(79)25-49(55(40)43)57-56(66)58-50(28-67-57)60(75-30-44-16-17-45(31-75)70-44)72-63(71-58)85-34-65-19-9-21-78(65)46(18-20-65)33-84-64(83)76-23-22-74(29-37(76)4)53-27-52(86-73-53)54(36(2)3)62(82)77-32-48(80)26-51(77)61(81)69-38(5)41-12-14-42(15-13-41)59-39(6)68-35-87-59/h8,10-15,24-25,27-28,35-38,44-46,48,51,54,70,79-80H,7,9,16-23,26,29-34H2,1-6H3,(H,69,81)/t37-,38-,44?,45?,46-,48+,51-,54-,65-/m0/s1. The van der Waals surface area contributed by atoms with E-state index >= 15 is 4.39 Å². The molecule has 0 spiro atoms. The van der Waals surface area contributed by atoms with Crippen LogP contribution in [0.15, 0.2) is 76.9 Å². The number of amides is 3. The highest BCUT2D eigenvalue weighted by Gasteiger charge is 2.51. The Kier molecular flexibility index (Phi) is 16.0. The molecule has 10 heterocycles. The van der Waals surface area contributed by atoms with Crippen molar-refractivity contribution in [1.82, 2.24) is 50.4 Å². The molecule has 87 heavy (non-hydrogen) atoms. The number of halogens is 1. The number of aliphatic hydroxyl groups is 1. The van der Waals surface area contributed by atoms with Crippen LogP contribution in [0, 0.1) is 18.7 Å². The monoisotopic (exact) mass is 1200 g/mol. The second-order valence-corrected chi connectivity index (χ2v) is 26.2. The van der Waals surface area contributed by atoms with Crippen molar-refractivity contribution in [2.75, 3.05) is 68.8 Å². The van der Waals surface area contributed by atoms with Crippen molar-refractivity contribution < 1.29 is 43.0 Å². The largest absolute Gasteiger partial charge is 0.508 e. The number of carbonyl (C=O) groups excluding carboxylic acids is 3. The van der Waals surface area contributed by atoms with E-state index in [-0.39, 0.29) is 96.6 Å². The quantitative estimate of drug-likeness (QED) is 0.0708. The van der Waals surface area contributed by atoms with Gasteiger partial charge < -0.3 is 54.4 Å². The average Bonchev–Trinajstić information content (AvgIpc) is 1.47. The zero-order chi connectivity index (χ0) is 60.4. The molecule has 458 valence electrons. The van der Waals surface area contributed by atoms with Gasteiger partial charge in [0, 0.05) is 87.7 Å². The number of aliphatic hydroxyl groups excluding tert-OH is 1. The van der Waals surface area contributed by atoms with Crippen LogP contribution in [0.3, 0.4) is 0 Å². The van der Waals surface area contributed by atoms with E-state index in [1.54, 1.807) is 40.6 Å². The van der Waals surface area contributed by atoms with Gasteiger partial charge >= 0.3 is 12.1 Å². The molecule has 2 unspecified atom stereocenters. The van der Waals surface area contributed by atoms with Crippen LogP contribution in [0.1, 0.15) is 114 Å². The molecule has 6 aliphatic heterocycles. The fraction of sp³-hybridized carbons (Fsp3) is 0.508. The molecule has 2 bridgehead atoms. The number of β-amino-alcohol motifs (C(OH)–C–C–N with tert-alkyl or cyclic N) is 1. The second-order valence-electron chi connectivity index (χ2n) is 25.3. The summed E-state index contributed by atoms with van der Waals surface area (Å²) >= 11 is 1.58. The summed E-state index contributed by atoms with van der Waals surface area (Å²) in [6.45, 7) is 15.8. The van der Waals surface area contributed by atoms with Crippen LogP contribution in [0.25, 0.3) is 43.4 Å². The molecule has 6 fully saturated rings. The van der Waals surface area contributed by atoms with E-state index in [4.69, 9.17) is 28.9 Å². The van der Waals surface area contributed by atoms with E-state index in [9.17, 15) is 24.6 Å². The van der Waals surface area contributed by atoms with Crippen LogP contribution in [-0.2, 0) is 20.7 Å². The van der Waals surface area contributed by atoms with E-state index in [0.717, 1.165) is 83.1 Å². The van der Waals surface area contributed by atoms with Crippen molar-refractivity contribution in [2.45, 2.75) is 147 Å². The first-order valence-electron chi connectivity index (χ1n) is 31.0. The molecule has 0 saturated carbocycles. The molecular formula is C65H77FN12O8S. The minimum Gasteiger partial charge on any atom is -0.508 e. The topological polar surface area (TPSA) is 228 Å². The molecule has 3 aromatic carbocycles. The lowest BCUT2D eigenvalue weighted by atomic mass is 9.91. The Hall–Kier alpha value is -7.53. The lowest BCUT2D eigenvalue weighted by molar-refractivity contribution is -0.141. The van der Waals surface area contributed by atoms with Crippen LogP contribution in [0.4, 0.5) is 20.8 Å². The fourth-order valence-corrected chi connectivity index (χ4v) is 15.6. The van der Waals surface area contributed by atoms with E-state index in [2.05, 4.69) is 37.5 Å². The molecule has 22 heteroatoms. The highest BCUT2D eigenvalue weighted by atomic mass is 32.1. The third-order valence-electron chi connectivity index (χ3n) is 19.3. The summed E-state index contributed by atoms with van der Waals surface area (Å²) in [6, 6.07) is 18.2. The highest BCUT2D eigenvalue weighted by Crippen LogP contribution is 2.44. The maximum absolute atomic E-state index is 17.4. The number of phenols is 1. The van der Waals surface area contributed by atoms with Crippen molar-refractivity contribution in [3.05, 3.63) is 101 Å². The summed E-state index contributed by atoms with van der Waals surface area (Å²) in [7, 11) is 0. The third-order valence-corrected chi connectivity index (χ3v) is 20.3. The molecule has 7 aromatic rings. The van der Waals surface area contributed by atoms with Crippen molar-refractivity contribution in [1.29, 1.82) is 0 Å². The van der Waals surface area contributed by atoms with Gasteiger partial charge in [-0.1, -0.05) is 68.4 Å². The number of phenolic OH excluding ortho intramolecular Hbond substituents is 1. The third kappa shape index (κ3) is 11.2. The number of pyridine rings is 1. The van der Waals surface area contributed by atoms with Gasteiger partial charge in [0.25, 0.3) is 0 Å². The van der Waals surface area contributed by atoms with Gasteiger partial charge in [-0.2, -0.15) is 9.97 Å². The maximum atomic E-state index is 17.4. The molecule has 0 radical (unpaired) electrons. The van der Waals surface area contributed by atoms with Gasteiger partial charge in [-0.25, -0.2) is 14.2 Å². The summed E-state index contributed by atoms with van der Waals surface area (Å²) < 4.78 is 36.2. The number of aryl methyl sites for hydroxylation is 2. The van der Waals surface area contributed by atoms with Gasteiger partial charge in [0.05, 0.1) is 39.2 Å². The van der Waals surface area contributed by atoms with Crippen LogP contribution >= 0.6 is 11.3 Å². The van der Waals surface area contributed by atoms with Crippen molar-refractivity contribution >= 4 is 62.6 Å². The number of anilines is 2. The van der Waals surface area contributed by atoms with Gasteiger partial charge in [0.1, 0.15) is 48.0 Å². The van der Waals surface area contributed by atoms with Crippen molar-refractivity contribution in [2.24, 2.45) is 5.92 Å². The summed E-state index contributed by atoms with van der Waals surface area (Å²) in [5.41, 5.74) is 6.15. The normalized spacial score (nSPS) is 24.6. The van der Waals surface area contributed by atoms with Gasteiger partial charge in [-0.3, -0.25) is 19.5 Å². The van der Waals surface area contributed by atoms with E-state index in [1.165, 1.54) is 4.90 Å². The number of rotatable bonds is 16. The number of fused-ring (bicyclic) bond motifs is 5. The zero-order valence-corrected chi connectivity index (χ0v) is 51.1. The second kappa shape index (κ2) is 23.9. The van der Waals surface area contributed by atoms with Gasteiger partial charge in [-0.15, -0.1) is 11.3 Å². The van der Waals surface area contributed by atoms with Crippen LogP contribution < -0.4 is 25.2 Å².